The molecule has 2 aromatic rings. The number of halogens is 1. The van der Waals surface area contributed by atoms with Gasteiger partial charge in [0.2, 0.25) is 0 Å². The number of fused-ring (bicyclic) bond motifs is 1. The van der Waals surface area contributed by atoms with Gasteiger partial charge in [-0.3, -0.25) is 4.79 Å². The molecule has 0 saturated carbocycles. The molecule has 3 aliphatic rings. The number of allylic oxidation sites excluding steroid dienone is 3. The molecule has 0 spiro atoms. The minimum absolute atomic E-state index is 0.224. The summed E-state index contributed by atoms with van der Waals surface area (Å²) in [7, 11) is 0. The largest absolute Gasteiger partial charge is 0.490 e. The fourth-order valence-electron chi connectivity index (χ4n) is 5.35. The Hall–Kier alpha value is -3.22. The van der Waals surface area contributed by atoms with Gasteiger partial charge >= 0.3 is 5.97 Å². The van der Waals surface area contributed by atoms with E-state index in [1.807, 2.05) is 30.3 Å². The second kappa shape index (κ2) is 12.5. The number of piperidine rings is 1. The van der Waals surface area contributed by atoms with Gasteiger partial charge in [0.1, 0.15) is 31.3 Å². The van der Waals surface area contributed by atoms with Crippen molar-refractivity contribution in [2.45, 2.75) is 32.1 Å². The van der Waals surface area contributed by atoms with Gasteiger partial charge < -0.3 is 24.4 Å². The van der Waals surface area contributed by atoms with Gasteiger partial charge in [0.05, 0.1) is 5.70 Å². The molecule has 0 amide bonds. The Morgan fingerprint density at radius 2 is 1.97 bits per heavy atom. The molecule has 200 valence electrons. The van der Waals surface area contributed by atoms with E-state index in [1.54, 1.807) is 0 Å². The SMILES string of the molecule is CC(=O)OCCOc1ccc2c(c1)C(=CCCN1CCC(c3ccc(Cl)cc3)CC1)C1=C(CO2)NCC=C1. The topological polar surface area (TPSA) is 60.0 Å². The van der Waals surface area contributed by atoms with Gasteiger partial charge in [0, 0.05) is 36.2 Å². The first-order valence-electron chi connectivity index (χ1n) is 13.4. The van der Waals surface area contributed by atoms with Gasteiger partial charge in [-0.2, -0.15) is 0 Å². The number of likely N-dealkylation sites (tertiary alicyclic amines) is 1. The van der Waals surface area contributed by atoms with Crippen molar-refractivity contribution in [2.75, 3.05) is 46.0 Å². The summed E-state index contributed by atoms with van der Waals surface area (Å²) in [6, 6.07) is 14.2. The van der Waals surface area contributed by atoms with E-state index in [2.05, 4.69) is 40.6 Å². The monoisotopic (exact) mass is 534 g/mol. The van der Waals surface area contributed by atoms with Crippen molar-refractivity contribution in [3.05, 3.63) is 88.1 Å². The third kappa shape index (κ3) is 6.61. The second-order valence-electron chi connectivity index (χ2n) is 9.88. The number of hydrogen-bond acceptors (Lipinski definition) is 6. The molecule has 7 heteroatoms. The Kier molecular flexibility index (Phi) is 8.72. The zero-order chi connectivity index (χ0) is 26.3. The van der Waals surface area contributed by atoms with Crippen molar-refractivity contribution < 1.29 is 19.0 Å². The molecule has 5 rings (SSSR count). The van der Waals surface area contributed by atoms with Crippen LogP contribution in [0.1, 0.15) is 43.2 Å². The highest BCUT2D eigenvalue weighted by molar-refractivity contribution is 6.30. The predicted molar refractivity (Wildman–Crippen MR) is 151 cm³/mol. The van der Waals surface area contributed by atoms with Crippen LogP contribution in [0.25, 0.3) is 5.57 Å². The minimum atomic E-state index is -0.306. The number of ether oxygens (including phenoxy) is 3. The quantitative estimate of drug-likeness (QED) is 0.344. The fourth-order valence-corrected chi connectivity index (χ4v) is 5.47. The van der Waals surface area contributed by atoms with Crippen molar-refractivity contribution in [2.24, 2.45) is 0 Å². The Balaban J connectivity index is 1.27. The standard InChI is InChI=1S/C31H35ClN2O4/c1-22(35)36-18-19-37-26-10-11-31-29(20-26)27(28-4-2-14-33-30(28)21-38-31)5-3-15-34-16-12-24(13-17-34)23-6-8-25(32)9-7-23/h2,4-11,20,24,33H,3,12-19,21H2,1H3. The van der Waals surface area contributed by atoms with Crippen LogP contribution in [0.5, 0.6) is 11.5 Å². The molecule has 6 nitrogen and oxygen atoms in total. The number of nitrogens with one attached hydrogen (secondary N) is 1. The first-order chi connectivity index (χ1) is 18.6. The first-order valence-corrected chi connectivity index (χ1v) is 13.8. The smallest absolute Gasteiger partial charge is 0.302 e. The third-order valence-corrected chi connectivity index (χ3v) is 7.58. The van der Waals surface area contributed by atoms with Gasteiger partial charge in [-0.1, -0.05) is 42.0 Å². The van der Waals surface area contributed by atoms with E-state index in [1.165, 1.54) is 30.9 Å². The maximum absolute atomic E-state index is 11.0. The number of hydrogen-bond donors (Lipinski definition) is 1. The molecule has 3 aliphatic heterocycles. The van der Waals surface area contributed by atoms with Gasteiger partial charge in [-0.15, -0.1) is 0 Å². The summed E-state index contributed by atoms with van der Waals surface area (Å²) in [6.45, 7) is 6.47. The normalized spacial score (nSPS) is 18.7. The molecule has 0 unspecified atom stereocenters. The van der Waals surface area contributed by atoms with Crippen LogP contribution in [-0.4, -0.2) is 56.9 Å². The highest BCUT2D eigenvalue weighted by atomic mass is 35.5. The van der Waals surface area contributed by atoms with Crippen LogP contribution >= 0.6 is 11.6 Å². The average Bonchev–Trinajstić information content (AvgIpc) is 3.09. The summed E-state index contributed by atoms with van der Waals surface area (Å²) in [5.41, 5.74) is 5.87. The van der Waals surface area contributed by atoms with E-state index >= 15 is 0 Å². The predicted octanol–water partition coefficient (Wildman–Crippen LogP) is 5.74. The van der Waals surface area contributed by atoms with Gasteiger partial charge in [0.15, 0.2) is 0 Å². The van der Waals surface area contributed by atoms with Crippen LogP contribution in [0.15, 0.2) is 72.0 Å². The van der Waals surface area contributed by atoms with Crippen molar-refractivity contribution in [1.82, 2.24) is 10.2 Å². The van der Waals surface area contributed by atoms with E-state index < -0.39 is 0 Å². The molecular formula is C31H35ClN2O4. The molecule has 0 bridgehead atoms. The average molecular weight is 535 g/mol. The maximum atomic E-state index is 11.0. The molecule has 1 fully saturated rings. The lowest BCUT2D eigenvalue weighted by Crippen LogP contribution is -2.33. The molecule has 0 aliphatic carbocycles. The van der Waals surface area contributed by atoms with Crippen molar-refractivity contribution in [3.8, 4) is 11.5 Å². The zero-order valence-corrected chi connectivity index (χ0v) is 22.6. The number of carbonyl (C=O) groups is 1. The number of carbonyl (C=O) groups excluding carboxylic acids is 1. The van der Waals surface area contributed by atoms with Crippen LogP contribution in [0.3, 0.4) is 0 Å². The lowest BCUT2D eigenvalue weighted by molar-refractivity contribution is -0.141. The van der Waals surface area contributed by atoms with Crippen molar-refractivity contribution in [3.63, 3.8) is 0 Å². The number of nitrogens with zero attached hydrogens (tertiary/aromatic N) is 1. The molecule has 0 atom stereocenters. The molecule has 0 radical (unpaired) electrons. The number of dihydropyridines is 1. The number of benzene rings is 2. The zero-order valence-electron chi connectivity index (χ0n) is 21.9. The number of rotatable bonds is 8. The van der Waals surface area contributed by atoms with Crippen LogP contribution in [0.2, 0.25) is 5.02 Å². The summed E-state index contributed by atoms with van der Waals surface area (Å²) in [5, 5.41) is 4.28. The van der Waals surface area contributed by atoms with Gasteiger partial charge in [0.25, 0.3) is 0 Å². The van der Waals surface area contributed by atoms with Crippen molar-refractivity contribution in [1.29, 1.82) is 0 Å². The highest BCUT2D eigenvalue weighted by Gasteiger charge is 2.23. The van der Waals surface area contributed by atoms with Gasteiger partial charge in [-0.05, 0) is 79.7 Å². The summed E-state index contributed by atoms with van der Waals surface area (Å²) in [6.07, 6.45) is 9.98. The fraction of sp³-hybridized carbons (Fsp3) is 0.387. The summed E-state index contributed by atoms with van der Waals surface area (Å²) in [4.78, 5) is 13.6. The Labute approximate surface area is 229 Å². The maximum Gasteiger partial charge on any atom is 0.302 e. The second-order valence-corrected chi connectivity index (χ2v) is 10.3. The highest BCUT2D eigenvalue weighted by Crippen LogP contribution is 2.39. The van der Waals surface area contributed by atoms with Crippen LogP contribution in [0, 0.1) is 0 Å². The minimum Gasteiger partial charge on any atom is -0.490 e. The Bertz CT molecular complexity index is 1230. The molecule has 2 aromatic carbocycles. The summed E-state index contributed by atoms with van der Waals surface area (Å²) in [5.74, 6) is 1.88. The van der Waals surface area contributed by atoms with E-state index in [0.717, 1.165) is 66.0 Å². The van der Waals surface area contributed by atoms with E-state index in [-0.39, 0.29) is 12.6 Å². The molecule has 1 saturated heterocycles. The lowest BCUT2D eigenvalue weighted by atomic mass is 9.89. The van der Waals surface area contributed by atoms with Crippen LogP contribution in [-0.2, 0) is 9.53 Å². The van der Waals surface area contributed by atoms with Gasteiger partial charge in [-0.25, -0.2) is 0 Å². The van der Waals surface area contributed by atoms with Crippen LogP contribution in [0.4, 0.5) is 0 Å². The molecule has 3 heterocycles. The molecular weight excluding hydrogens is 500 g/mol. The summed E-state index contributed by atoms with van der Waals surface area (Å²) < 4.78 is 17.1. The third-order valence-electron chi connectivity index (χ3n) is 7.33. The molecule has 1 N–H and O–H groups in total. The van der Waals surface area contributed by atoms with Crippen molar-refractivity contribution >= 4 is 23.1 Å². The van der Waals surface area contributed by atoms with E-state index in [9.17, 15) is 4.79 Å². The van der Waals surface area contributed by atoms with E-state index in [4.69, 9.17) is 25.8 Å². The molecule has 38 heavy (non-hydrogen) atoms. The van der Waals surface area contributed by atoms with E-state index in [0.29, 0.717) is 19.1 Å². The first kappa shape index (κ1) is 26.4. The molecule has 0 aromatic heterocycles. The Morgan fingerprint density at radius 1 is 1.16 bits per heavy atom. The number of esters is 1. The van der Waals surface area contributed by atoms with Crippen LogP contribution < -0.4 is 14.8 Å². The Morgan fingerprint density at radius 3 is 2.76 bits per heavy atom. The summed E-state index contributed by atoms with van der Waals surface area (Å²) >= 11 is 6.07. The lowest BCUT2D eigenvalue weighted by Gasteiger charge is -2.32.